The van der Waals surface area contributed by atoms with Crippen LogP contribution in [0, 0.1) is 0 Å². The molecule has 1 fully saturated rings. The molecule has 18 heavy (non-hydrogen) atoms. The summed E-state index contributed by atoms with van der Waals surface area (Å²) >= 11 is 0. The monoisotopic (exact) mass is 260 g/mol. The molecule has 0 N–H and O–H groups in total. The lowest BCUT2D eigenvalue weighted by molar-refractivity contribution is -0.141. The predicted octanol–water partition coefficient (Wildman–Crippen LogP) is 2.57. The first-order chi connectivity index (χ1) is 8.36. The molecule has 1 aliphatic heterocycles. The fraction of sp³-hybridized carbons (Fsp3) is 0.583. The molecule has 2 rings (SSSR count). The molecule has 0 aliphatic carbocycles. The van der Waals surface area contributed by atoms with Crippen molar-refractivity contribution in [3.05, 3.63) is 23.9 Å². The van der Waals surface area contributed by atoms with E-state index in [1.807, 2.05) is 0 Å². The maximum absolute atomic E-state index is 12.4. The molecule has 0 saturated carbocycles. The summed E-state index contributed by atoms with van der Waals surface area (Å²) in [5, 5.41) is 0. The number of likely N-dealkylation sites (tertiary alicyclic amines) is 1. The van der Waals surface area contributed by atoms with Gasteiger partial charge in [-0.2, -0.15) is 13.2 Å². The summed E-state index contributed by atoms with van der Waals surface area (Å²) < 4.78 is 42.7. The van der Waals surface area contributed by atoms with Crippen molar-refractivity contribution >= 4 is 0 Å². The fourth-order valence-corrected chi connectivity index (χ4v) is 1.77. The molecule has 6 heteroatoms. The Labute approximate surface area is 104 Å². The molecule has 0 aromatic carbocycles. The molecule has 0 bridgehead atoms. The van der Waals surface area contributed by atoms with E-state index < -0.39 is 11.9 Å². The van der Waals surface area contributed by atoms with Gasteiger partial charge in [0, 0.05) is 25.2 Å². The van der Waals surface area contributed by atoms with Crippen LogP contribution in [0.4, 0.5) is 13.2 Å². The predicted molar refractivity (Wildman–Crippen MR) is 60.4 cm³/mol. The Hall–Kier alpha value is -1.30. The molecular weight excluding hydrogens is 245 g/mol. The highest BCUT2D eigenvalue weighted by atomic mass is 19.4. The van der Waals surface area contributed by atoms with Crippen molar-refractivity contribution in [2.24, 2.45) is 0 Å². The first kappa shape index (κ1) is 13.1. The van der Waals surface area contributed by atoms with Crippen molar-refractivity contribution in [1.82, 2.24) is 9.88 Å². The molecule has 2 heterocycles. The van der Waals surface area contributed by atoms with Gasteiger partial charge in [-0.15, -0.1) is 0 Å². The molecule has 1 saturated heterocycles. The fourth-order valence-electron chi connectivity index (χ4n) is 1.77. The van der Waals surface area contributed by atoms with Crippen LogP contribution >= 0.6 is 0 Å². The van der Waals surface area contributed by atoms with Crippen LogP contribution in [0.25, 0.3) is 0 Å². The Morgan fingerprint density at radius 1 is 1.33 bits per heavy atom. The molecule has 1 aromatic rings. The number of hydrogen-bond acceptors (Lipinski definition) is 3. The Kier molecular flexibility index (Phi) is 3.47. The standard InChI is InChI=1S/C12H15F3N2O/c1-8(2)17-6-9(7-17)18-11-5-3-4-10(16-11)12(13,14)15/h3-5,8-9H,6-7H2,1-2H3. The summed E-state index contributed by atoms with van der Waals surface area (Å²) in [6, 6.07) is 4.13. The van der Waals surface area contributed by atoms with Crippen molar-refractivity contribution in [2.75, 3.05) is 13.1 Å². The highest BCUT2D eigenvalue weighted by Gasteiger charge is 2.34. The van der Waals surface area contributed by atoms with Gasteiger partial charge in [0.15, 0.2) is 0 Å². The number of nitrogens with zero attached hydrogens (tertiary/aromatic N) is 2. The second-order valence-corrected chi connectivity index (χ2v) is 4.65. The van der Waals surface area contributed by atoms with Crippen LogP contribution in [-0.2, 0) is 6.18 Å². The zero-order chi connectivity index (χ0) is 13.3. The average molecular weight is 260 g/mol. The van der Waals surface area contributed by atoms with E-state index in [4.69, 9.17) is 4.74 Å². The van der Waals surface area contributed by atoms with Gasteiger partial charge < -0.3 is 4.74 Å². The van der Waals surface area contributed by atoms with Crippen LogP contribution in [0.2, 0.25) is 0 Å². The number of aromatic nitrogens is 1. The Balaban J connectivity index is 1.95. The topological polar surface area (TPSA) is 25.4 Å². The zero-order valence-electron chi connectivity index (χ0n) is 10.2. The SMILES string of the molecule is CC(C)N1CC(Oc2cccc(C(F)(F)F)n2)C1. The lowest BCUT2D eigenvalue weighted by Gasteiger charge is -2.41. The van der Waals surface area contributed by atoms with Gasteiger partial charge in [0.05, 0.1) is 0 Å². The van der Waals surface area contributed by atoms with Crippen molar-refractivity contribution in [1.29, 1.82) is 0 Å². The van der Waals surface area contributed by atoms with Crippen molar-refractivity contribution < 1.29 is 17.9 Å². The van der Waals surface area contributed by atoms with Crippen molar-refractivity contribution in [3.63, 3.8) is 0 Å². The van der Waals surface area contributed by atoms with Crippen LogP contribution in [0.15, 0.2) is 18.2 Å². The first-order valence-electron chi connectivity index (χ1n) is 5.81. The second-order valence-electron chi connectivity index (χ2n) is 4.65. The number of pyridine rings is 1. The van der Waals surface area contributed by atoms with E-state index in [9.17, 15) is 13.2 Å². The van der Waals surface area contributed by atoms with Crippen molar-refractivity contribution in [2.45, 2.75) is 32.2 Å². The van der Waals surface area contributed by atoms with Gasteiger partial charge in [-0.3, -0.25) is 4.90 Å². The Morgan fingerprint density at radius 2 is 2.00 bits per heavy atom. The Bertz CT molecular complexity index is 414. The van der Waals surface area contributed by atoms with Gasteiger partial charge in [-0.05, 0) is 19.9 Å². The first-order valence-corrected chi connectivity index (χ1v) is 5.81. The number of halogens is 3. The van der Waals surface area contributed by atoms with Crippen LogP contribution in [0.5, 0.6) is 5.88 Å². The number of rotatable bonds is 3. The molecule has 0 atom stereocenters. The average Bonchev–Trinajstić information content (AvgIpc) is 2.21. The van der Waals surface area contributed by atoms with Gasteiger partial charge in [0.2, 0.25) is 5.88 Å². The third-order valence-corrected chi connectivity index (χ3v) is 2.91. The molecule has 1 aromatic heterocycles. The number of hydrogen-bond donors (Lipinski definition) is 0. The lowest BCUT2D eigenvalue weighted by atomic mass is 10.1. The summed E-state index contributed by atoms with van der Waals surface area (Å²) in [5.74, 6) is 0.0400. The molecule has 0 unspecified atom stereocenters. The van der Waals surface area contributed by atoms with Gasteiger partial charge in [0.1, 0.15) is 11.8 Å². The minimum atomic E-state index is -4.43. The summed E-state index contributed by atoms with van der Waals surface area (Å²) in [5.41, 5.74) is -0.917. The normalized spacial score (nSPS) is 17.9. The van der Waals surface area contributed by atoms with E-state index in [-0.39, 0.29) is 12.0 Å². The van der Waals surface area contributed by atoms with Crippen molar-refractivity contribution in [3.8, 4) is 5.88 Å². The van der Waals surface area contributed by atoms with Crippen LogP contribution in [0.3, 0.4) is 0 Å². The molecule has 0 radical (unpaired) electrons. The summed E-state index contributed by atoms with van der Waals surface area (Å²) in [4.78, 5) is 5.65. The second kappa shape index (κ2) is 4.76. The quantitative estimate of drug-likeness (QED) is 0.835. The van der Waals surface area contributed by atoms with Crippen LogP contribution < -0.4 is 4.74 Å². The largest absolute Gasteiger partial charge is 0.472 e. The molecule has 3 nitrogen and oxygen atoms in total. The lowest BCUT2D eigenvalue weighted by Crippen LogP contribution is -2.56. The van der Waals surface area contributed by atoms with E-state index in [1.54, 1.807) is 0 Å². The van der Waals surface area contributed by atoms with Gasteiger partial charge in [-0.25, -0.2) is 4.98 Å². The molecular formula is C12H15F3N2O. The van der Waals surface area contributed by atoms with Crippen LogP contribution in [-0.4, -0.2) is 35.1 Å². The summed E-state index contributed by atoms with van der Waals surface area (Å²) in [6.07, 6.45) is -4.49. The van der Waals surface area contributed by atoms with Gasteiger partial charge >= 0.3 is 6.18 Å². The van der Waals surface area contributed by atoms with E-state index >= 15 is 0 Å². The molecule has 0 amide bonds. The highest BCUT2D eigenvalue weighted by molar-refractivity contribution is 5.18. The molecule has 100 valence electrons. The third-order valence-electron chi connectivity index (χ3n) is 2.91. The highest BCUT2D eigenvalue weighted by Crippen LogP contribution is 2.29. The maximum atomic E-state index is 12.4. The van der Waals surface area contributed by atoms with E-state index in [1.165, 1.54) is 12.1 Å². The number of ether oxygens (including phenoxy) is 1. The van der Waals surface area contributed by atoms with E-state index in [0.29, 0.717) is 6.04 Å². The zero-order valence-corrected chi connectivity index (χ0v) is 10.2. The summed E-state index contributed by atoms with van der Waals surface area (Å²) in [7, 11) is 0. The molecule has 0 spiro atoms. The van der Waals surface area contributed by atoms with Gasteiger partial charge in [0.25, 0.3) is 0 Å². The molecule has 1 aliphatic rings. The minimum absolute atomic E-state index is 0.0400. The minimum Gasteiger partial charge on any atom is -0.472 e. The third kappa shape index (κ3) is 2.93. The summed E-state index contributed by atoms with van der Waals surface area (Å²) in [6.45, 7) is 5.60. The van der Waals surface area contributed by atoms with Crippen LogP contribution in [0.1, 0.15) is 19.5 Å². The maximum Gasteiger partial charge on any atom is 0.433 e. The van der Waals surface area contributed by atoms with E-state index in [2.05, 4.69) is 23.7 Å². The van der Waals surface area contributed by atoms with Gasteiger partial charge in [-0.1, -0.05) is 6.07 Å². The number of alkyl halides is 3. The Morgan fingerprint density at radius 3 is 2.56 bits per heavy atom. The smallest absolute Gasteiger partial charge is 0.433 e. The van der Waals surface area contributed by atoms with E-state index in [0.717, 1.165) is 19.2 Å².